The van der Waals surface area contributed by atoms with Crippen molar-refractivity contribution in [3.63, 3.8) is 0 Å². The number of nitro groups is 1. The van der Waals surface area contributed by atoms with Crippen molar-refractivity contribution in [3.8, 4) is 0 Å². The third-order valence-corrected chi connectivity index (χ3v) is 4.51. The summed E-state index contributed by atoms with van der Waals surface area (Å²) in [5, 5.41) is 11.7. The van der Waals surface area contributed by atoms with E-state index in [0.717, 1.165) is 16.0 Å². The maximum absolute atomic E-state index is 10.7. The minimum Gasteiger partial charge on any atom is -0.361 e. The molecule has 0 bridgehead atoms. The summed E-state index contributed by atoms with van der Waals surface area (Å²) in [4.78, 5) is 12.4. The molecule has 0 aliphatic heterocycles. The van der Waals surface area contributed by atoms with Crippen molar-refractivity contribution in [1.29, 1.82) is 0 Å². The largest absolute Gasteiger partial charge is 0.361 e. The molecule has 0 saturated heterocycles. The first-order chi connectivity index (χ1) is 8.58. The van der Waals surface area contributed by atoms with Crippen molar-refractivity contribution < 1.29 is 4.92 Å². The van der Waals surface area contributed by atoms with Gasteiger partial charge in [-0.15, -0.1) is 0 Å². The van der Waals surface area contributed by atoms with Crippen LogP contribution in [0.25, 0.3) is 0 Å². The number of rotatable bonds is 4. The molecule has 2 rings (SSSR count). The van der Waals surface area contributed by atoms with Gasteiger partial charge in [-0.1, -0.05) is 30.3 Å². The molecule has 0 atom stereocenters. The average molecular weight is 327 g/mol. The van der Waals surface area contributed by atoms with Gasteiger partial charge < -0.3 is 4.90 Å². The number of hydrogen-bond acceptors (Lipinski definition) is 4. The highest BCUT2D eigenvalue weighted by molar-refractivity contribution is 9.10. The zero-order valence-electron chi connectivity index (χ0n) is 9.67. The van der Waals surface area contributed by atoms with E-state index in [4.69, 9.17) is 0 Å². The average Bonchev–Trinajstić information content (AvgIpc) is 2.73. The summed E-state index contributed by atoms with van der Waals surface area (Å²) >= 11 is 4.54. The quantitative estimate of drug-likeness (QED) is 0.628. The number of hydrogen-bond donors (Lipinski definition) is 0. The van der Waals surface area contributed by atoms with Crippen LogP contribution in [-0.2, 0) is 6.54 Å². The van der Waals surface area contributed by atoms with Crippen molar-refractivity contribution in [2.45, 2.75) is 6.54 Å². The predicted molar refractivity (Wildman–Crippen MR) is 77.2 cm³/mol. The molecule has 0 unspecified atom stereocenters. The van der Waals surface area contributed by atoms with E-state index < -0.39 is 0 Å². The highest BCUT2D eigenvalue weighted by Crippen LogP contribution is 2.39. The minimum absolute atomic E-state index is 0.150. The van der Waals surface area contributed by atoms with E-state index in [0.29, 0.717) is 0 Å². The molecule has 0 aliphatic rings. The van der Waals surface area contributed by atoms with Crippen LogP contribution in [0.4, 0.5) is 10.0 Å². The number of benzene rings is 1. The second-order valence-electron chi connectivity index (χ2n) is 3.84. The summed E-state index contributed by atoms with van der Waals surface area (Å²) in [6.07, 6.45) is 0. The lowest BCUT2D eigenvalue weighted by atomic mass is 10.2. The number of nitrogens with zero attached hydrogens (tertiary/aromatic N) is 2. The van der Waals surface area contributed by atoms with Crippen LogP contribution in [0.1, 0.15) is 5.56 Å². The SMILES string of the molecule is CN(Cc1ccccc1)c1sc([N+](=O)[O-])cc1Br. The van der Waals surface area contributed by atoms with Crippen LogP contribution in [0.2, 0.25) is 0 Å². The smallest absolute Gasteiger partial charge is 0.327 e. The van der Waals surface area contributed by atoms with Gasteiger partial charge in [0.05, 0.1) is 9.40 Å². The van der Waals surface area contributed by atoms with Gasteiger partial charge in [0.15, 0.2) is 0 Å². The van der Waals surface area contributed by atoms with Crippen molar-refractivity contribution in [2.75, 3.05) is 11.9 Å². The molecule has 4 nitrogen and oxygen atoms in total. The first-order valence-corrected chi connectivity index (χ1v) is 6.87. The Labute approximate surface area is 117 Å². The molecular weight excluding hydrogens is 316 g/mol. The van der Waals surface area contributed by atoms with Crippen molar-refractivity contribution in [3.05, 3.63) is 56.5 Å². The number of halogens is 1. The summed E-state index contributed by atoms with van der Waals surface area (Å²) in [5.41, 5.74) is 1.17. The van der Waals surface area contributed by atoms with E-state index in [1.54, 1.807) is 6.07 Å². The van der Waals surface area contributed by atoms with Crippen LogP contribution < -0.4 is 4.90 Å². The van der Waals surface area contributed by atoms with Gasteiger partial charge in [0.1, 0.15) is 5.00 Å². The fourth-order valence-electron chi connectivity index (χ4n) is 1.63. The summed E-state index contributed by atoms with van der Waals surface area (Å²) in [6, 6.07) is 11.5. The lowest BCUT2D eigenvalue weighted by molar-refractivity contribution is -0.380. The molecule has 1 heterocycles. The van der Waals surface area contributed by atoms with Crippen LogP contribution in [0.3, 0.4) is 0 Å². The molecule has 0 radical (unpaired) electrons. The van der Waals surface area contributed by atoms with Gasteiger partial charge in [0.2, 0.25) is 0 Å². The van der Waals surface area contributed by atoms with Crippen LogP contribution in [0.15, 0.2) is 40.9 Å². The minimum atomic E-state index is -0.366. The second-order valence-corrected chi connectivity index (χ2v) is 5.70. The van der Waals surface area contributed by atoms with Crippen LogP contribution >= 0.6 is 27.3 Å². The lowest BCUT2D eigenvalue weighted by Gasteiger charge is -2.17. The van der Waals surface area contributed by atoms with Gasteiger partial charge in [-0.2, -0.15) is 0 Å². The van der Waals surface area contributed by atoms with Crippen LogP contribution in [0, 0.1) is 10.1 Å². The third kappa shape index (κ3) is 2.88. The van der Waals surface area contributed by atoms with Crippen LogP contribution in [-0.4, -0.2) is 12.0 Å². The van der Waals surface area contributed by atoms with Crippen molar-refractivity contribution in [1.82, 2.24) is 0 Å². The number of thiophene rings is 1. The molecule has 1 aromatic heterocycles. The molecule has 18 heavy (non-hydrogen) atoms. The molecular formula is C12H11BrN2O2S. The van der Waals surface area contributed by atoms with Crippen molar-refractivity contribution in [2.24, 2.45) is 0 Å². The van der Waals surface area contributed by atoms with E-state index in [-0.39, 0.29) is 9.92 Å². The maximum Gasteiger partial charge on any atom is 0.327 e. The topological polar surface area (TPSA) is 46.4 Å². The Balaban J connectivity index is 2.19. The van der Waals surface area contributed by atoms with E-state index >= 15 is 0 Å². The summed E-state index contributed by atoms with van der Waals surface area (Å²) < 4.78 is 0.762. The monoisotopic (exact) mass is 326 g/mol. The number of anilines is 1. The molecule has 2 aromatic rings. The van der Waals surface area contributed by atoms with E-state index in [9.17, 15) is 10.1 Å². The van der Waals surface area contributed by atoms with Crippen LogP contribution in [0.5, 0.6) is 0 Å². The van der Waals surface area contributed by atoms with E-state index in [1.807, 2.05) is 42.3 Å². The Morgan fingerprint density at radius 3 is 2.61 bits per heavy atom. The van der Waals surface area contributed by atoms with Gasteiger partial charge in [-0.25, -0.2) is 0 Å². The fraction of sp³-hybridized carbons (Fsp3) is 0.167. The molecule has 0 saturated carbocycles. The first-order valence-electron chi connectivity index (χ1n) is 5.26. The van der Waals surface area contributed by atoms with E-state index in [1.165, 1.54) is 16.9 Å². The summed E-state index contributed by atoms with van der Waals surface area (Å²) in [6.45, 7) is 0.719. The highest BCUT2D eigenvalue weighted by Gasteiger charge is 2.17. The highest BCUT2D eigenvalue weighted by atomic mass is 79.9. The Kier molecular flexibility index (Phi) is 3.98. The van der Waals surface area contributed by atoms with Gasteiger partial charge >= 0.3 is 5.00 Å². The standard InChI is InChI=1S/C12H11BrN2O2S/c1-14(8-9-5-3-2-4-6-9)12-10(13)7-11(18-12)15(16)17/h2-7H,8H2,1H3. The van der Waals surface area contributed by atoms with Gasteiger partial charge in [0, 0.05) is 19.7 Å². The molecule has 0 N–H and O–H groups in total. The zero-order chi connectivity index (χ0) is 13.1. The Bertz CT molecular complexity index is 556. The molecule has 0 amide bonds. The van der Waals surface area contributed by atoms with Gasteiger partial charge in [-0.3, -0.25) is 10.1 Å². The molecule has 94 valence electrons. The van der Waals surface area contributed by atoms with E-state index in [2.05, 4.69) is 15.9 Å². The predicted octanol–water partition coefficient (Wildman–Crippen LogP) is 4.06. The molecule has 1 aromatic carbocycles. The lowest BCUT2D eigenvalue weighted by Crippen LogP contribution is -2.15. The third-order valence-electron chi connectivity index (χ3n) is 2.44. The molecule has 0 fully saturated rings. The molecule has 0 aliphatic carbocycles. The molecule has 0 spiro atoms. The first kappa shape index (κ1) is 13.0. The van der Waals surface area contributed by atoms with Gasteiger partial charge in [0.25, 0.3) is 0 Å². The maximum atomic E-state index is 10.7. The zero-order valence-corrected chi connectivity index (χ0v) is 12.1. The Morgan fingerprint density at radius 2 is 2.06 bits per heavy atom. The molecule has 6 heteroatoms. The Morgan fingerprint density at radius 1 is 1.39 bits per heavy atom. The van der Waals surface area contributed by atoms with Crippen molar-refractivity contribution >= 4 is 37.3 Å². The van der Waals surface area contributed by atoms with Gasteiger partial charge in [-0.05, 0) is 32.8 Å². The Hall–Kier alpha value is -1.40. The summed E-state index contributed by atoms with van der Waals surface area (Å²) in [7, 11) is 1.92. The fourth-order valence-corrected chi connectivity index (χ4v) is 3.37. The summed E-state index contributed by atoms with van der Waals surface area (Å²) in [5.74, 6) is 0. The normalized spacial score (nSPS) is 10.3. The second kappa shape index (κ2) is 5.49.